The van der Waals surface area contributed by atoms with Gasteiger partial charge in [0.05, 0.1) is 0 Å². The van der Waals surface area contributed by atoms with Gasteiger partial charge in [-0.05, 0) is 117 Å². The Morgan fingerprint density at radius 2 is 1.56 bits per heavy atom. The molecule has 39 heavy (non-hydrogen) atoms. The minimum atomic E-state index is 0.271. The van der Waals surface area contributed by atoms with E-state index in [4.69, 9.17) is 4.74 Å². The molecule has 0 unspecified atom stereocenters. The van der Waals surface area contributed by atoms with Gasteiger partial charge in [-0.2, -0.15) is 0 Å². The molecular weight excluding hydrogens is 484 g/mol. The van der Waals surface area contributed by atoms with E-state index in [1.165, 1.54) is 55.5 Å². The van der Waals surface area contributed by atoms with E-state index in [1.807, 2.05) is 24.3 Å². The highest BCUT2D eigenvalue weighted by molar-refractivity contribution is 5.88. The summed E-state index contributed by atoms with van der Waals surface area (Å²) in [6.45, 7) is 4.99. The molecule has 3 N–H and O–H groups in total. The van der Waals surface area contributed by atoms with Gasteiger partial charge in [-0.3, -0.25) is 4.90 Å². The summed E-state index contributed by atoms with van der Waals surface area (Å²) in [5, 5.41) is 23.6. The van der Waals surface area contributed by atoms with E-state index in [9.17, 15) is 10.2 Å². The molecule has 0 amide bonds. The fourth-order valence-electron chi connectivity index (χ4n) is 5.77. The number of anilines is 1. The lowest BCUT2D eigenvalue weighted by atomic mass is 9.98. The number of aryl methyl sites for hydroxylation is 2. The average molecular weight is 527 g/mol. The molecule has 3 aromatic carbocycles. The number of fused-ring (bicyclic) bond motifs is 1. The van der Waals surface area contributed by atoms with Crippen LogP contribution in [-0.4, -0.2) is 47.9 Å². The summed E-state index contributed by atoms with van der Waals surface area (Å²) < 4.78 is 6.01. The molecule has 5 rings (SSSR count). The first kappa shape index (κ1) is 27.1. The fraction of sp³-hybridized carbons (Fsp3) is 0.412. The normalized spacial score (nSPS) is 16.1. The van der Waals surface area contributed by atoms with Crippen molar-refractivity contribution in [3.05, 3.63) is 82.9 Å². The first-order chi connectivity index (χ1) is 19.1. The van der Waals surface area contributed by atoms with Crippen LogP contribution in [-0.2, 0) is 12.8 Å². The van der Waals surface area contributed by atoms with Crippen molar-refractivity contribution in [1.29, 1.82) is 0 Å². The van der Waals surface area contributed by atoms with Gasteiger partial charge in [0, 0.05) is 30.4 Å². The summed E-state index contributed by atoms with van der Waals surface area (Å²) in [6.07, 6.45) is 12.5. The minimum Gasteiger partial charge on any atom is -0.508 e. The topological polar surface area (TPSA) is 65.0 Å². The molecule has 0 radical (unpaired) electrons. The average Bonchev–Trinajstić information content (AvgIpc) is 3.33. The van der Waals surface area contributed by atoms with Crippen LogP contribution in [0.3, 0.4) is 0 Å². The summed E-state index contributed by atoms with van der Waals surface area (Å²) in [5.74, 6) is 1.54. The highest BCUT2D eigenvalue weighted by Crippen LogP contribution is 2.35. The van der Waals surface area contributed by atoms with Gasteiger partial charge in [0.2, 0.25) is 0 Å². The zero-order valence-corrected chi connectivity index (χ0v) is 23.0. The van der Waals surface area contributed by atoms with Gasteiger partial charge in [0.1, 0.15) is 23.9 Å². The number of nitrogens with zero attached hydrogens (tertiary/aromatic N) is 1. The molecule has 1 heterocycles. The summed E-state index contributed by atoms with van der Waals surface area (Å²) in [6, 6.07) is 19.8. The Bertz CT molecular complexity index is 1240. The van der Waals surface area contributed by atoms with Crippen molar-refractivity contribution in [2.45, 2.75) is 57.8 Å². The number of hydrogen-bond donors (Lipinski definition) is 3. The van der Waals surface area contributed by atoms with Crippen LogP contribution in [0.15, 0.2) is 60.7 Å². The molecule has 5 heteroatoms. The standard InChI is InChI=1S/C34H42N2O3/c37-30-13-12-28-23-29(9-5-8-27(28)24-30)33-17-14-31(38)25-34(33)35-18-6-7-26-10-15-32(16-11-26)39-22-21-36-19-3-1-2-4-20-36/h10-17,23-25,35,37-38H,1-9,18-22H2. The SMILES string of the molecule is Oc1ccc2c(c1)CCCC(c1ccc(O)cc1NCCCc1ccc(OCCN3CCCCCC3)cc1)=C2. The number of rotatable bonds is 10. The van der Waals surface area contributed by atoms with Crippen LogP contribution in [0.1, 0.15) is 67.2 Å². The molecule has 0 aromatic heterocycles. The van der Waals surface area contributed by atoms with Crippen LogP contribution >= 0.6 is 0 Å². The summed E-state index contributed by atoms with van der Waals surface area (Å²) >= 11 is 0. The van der Waals surface area contributed by atoms with Gasteiger partial charge in [0.25, 0.3) is 0 Å². The molecule has 1 saturated heterocycles. The van der Waals surface area contributed by atoms with Crippen LogP contribution in [0.2, 0.25) is 0 Å². The van der Waals surface area contributed by atoms with Crippen molar-refractivity contribution >= 4 is 17.3 Å². The molecule has 2 aliphatic rings. The van der Waals surface area contributed by atoms with E-state index in [0.717, 1.165) is 74.4 Å². The highest BCUT2D eigenvalue weighted by atomic mass is 16.5. The minimum absolute atomic E-state index is 0.271. The number of aromatic hydroxyl groups is 2. The molecule has 0 saturated carbocycles. The molecule has 1 fully saturated rings. The zero-order chi connectivity index (χ0) is 26.9. The van der Waals surface area contributed by atoms with Crippen LogP contribution < -0.4 is 10.1 Å². The Balaban J connectivity index is 1.12. The Morgan fingerprint density at radius 3 is 2.38 bits per heavy atom. The van der Waals surface area contributed by atoms with Crippen molar-refractivity contribution < 1.29 is 14.9 Å². The van der Waals surface area contributed by atoms with Crippen LogP contribution in [0.4, 0.5) is 5.69 Å². The van der Waals surface area contributed by atoms with Gasteiger partial charge >= 0.3 is 0 Å². The number of phenols is 2. The summed E-state index contributed by atoms with van der Waals surface area (Å²) in [4.78, 5) is 2.53. The van der Waals surface area contributed by atoms with Crippen molar-refractivity contribution in [2.24, 2.45) is 0 Å². The molecule has 1 aliphatic carbocycles. The van der Waals surface area contributed by atoms with Crippen LogP contribution in [0.25, 0.3) is 11.6 Å². The quantitative estimate of drug-likeness (QED) is 0.242. The first-order valence-electron chi connectivity index (χ1n) is 14.7. The Hall–Kier alpha value is -3.44. The number of benzene rings is 3. The smallest absolute Gasteiger partial charge is 0.119 e. The number of likely N-dealkylation sites (tertiary alicyclic amines) is 1. The maximum Gasteiger partial charge on any atom is 0.119 e. The second-order valence-corrected chi connectivity index (χ2v) is 10.9. The van der Waals surface area contributed by atoms with E-state index in [-0.39, 0.29) is 5.75 Å². The lowest BCUT2D eigenvalue weighted by molar-refractivity contribution is 0.214. The molecule has 1 aliphatic heterocycles. The van der Waals surface area contributed by atoms with E-state index in [2.05, 4.69) is 40.6 Å². The Morgan fingerprint density at radius 1 is 0.795 bits per heavy atom. The monoisotopic (exact) mass is 526 g/mol. The lowest BCUT2D eigenvalue weighted by Crippen LogP contribution is -2.29. The second kappa shape index (κ2) is 13.6. The molecule has 0 atom stereocenters. The van der Waals surface area contributed by atoms with Crippen molar-refractivity contribution in [3.63, 3.8) is 0 Å². The van der Waals surface area contributed by atoms with E-state index in [1.54, 1.807) is 12.1 Å². The van der Waals surface area contributed by atoms with Gasteiger partial charge in [-0.15, -0.1) is 0 Å². The Kier molecular flexibility index (Phi) is 9.44. The third kappa shape index (κ3) is 7.79. The predicted molar refractivity (Wildman–Crippen MR) is 161 cm³/mol. The number of nitrogens with one attached hydrogen (secondary N) is 1. The van der Waals surface area contributed by atoms with Crippen molar-refractivity contribution in [1.82, 2.24) is 4.90 Å². The highest BCUT2D eigenvalue weighted by Gasteiger charge is 2.14. The van der Waals surface area contributed by atoms with E-state index < -0.39 is 0 Å². The lowest BCUT2D eigenvalue weighted by Gasteiger charge is -2.19. The fourth-order valence-corrected chi connectivity index (χ4v) is 5.77. The summed E-state index contributed by atoms with van der Waals surface area (Å²) in [7, 11) is 0. The Labute approximate surface area is 233 Å². The third-order valence-corrected chi connectivity index (χ3v) is 7.95. The number of ether oxygens (including phenoxy) is 1. The molecule has 5 nitrogen and oxygen atoms in total. The molecule has 0 bridgehead atoms. The largest absolute Gasteiger partial charge is 0.508 e. The predicted octanol–water partition coefficient (Wildman–Crippen LogP) is 7.27. The number of allylic oxidation sites excluding steroid dienone is 1. The van der Waals surface area contributed by atoms with Crippen molar-refractivity contribution in [2.75, 3.05) is 38.1 Å². The first-order valence-corrected chi connectivity index (χ1v) is 14.7. The van der Waals surface area contributed by atoms with Crippen molar-refractivity contribution in [3.8, 4) is 17.2 Å². The van der Waals surface area contributed by atoms with E-state index >= 15 is 0 Å². The maximum absolute atomic E-state index is 10.2. The van der Waals surface area contributed by atoms with E-state index in [0.29, 0.717) is 5.75 Å². The molecule has 206 valence electrons. The molecular formula is C34H42N2O3. The maximum atomic E-state index is 10.2. The van der Waals surface area contributed by atoms with Crippen LogP contribution in [0, 0.1) is 0 Å². The second-order valence-electron chi connectivity index (χ2n) is 10.9. The van der Waals surface area contributed by atoms with Gasteiger partial charge in [-0.1, -0.05) is 37.1 Å². The van der Waals surface area contributed by atoms with Gasteiger partial charge in [-0.25, -0.2) is 0 Å². The van der Waals surface area contributed by atoms with Gasteiger partial charge < -0.3 is 20.3 Å². The molecule has 0 spiro atoms. The van der Waals surface area contributed by atoms with Crippen LogP contribution in [0.5, 0.6) is 17.2 Å². The summed E-state index contributed by atoms with van der Waals surface area (Å²) in [5.41, 5.74) is 7.01. The number of phenolic OH excluding ortho intramolecular Hbond substituents is 2. The zero-order valence-electron chi connectivity index (χ0n) is 23.0. The molecule has 3 aromatic rings. The number of hydrogen-bond acceptors (Lipinski definition) is 5. The third-order valence-electron chi connectivity index (χ3n) is 7.95. The van der Waals surface area contributed by atoms with Gasteiger partial charge in [0.15, 0.2) is 0 Å².